The molecular weight excluding hydrogens is 452 g/mol. The van der Waals surface area contributed by atoms with Crippen molar-refractivity contribution in [1.82, 2.24) is 0 Å². The molecular formula is C25H12F8. The van der Waals surface area contributed by atoms with Crippen molar-refractivity contribution in [2.45, 2.75) is 6.92 Å². The first-order valence-electron chi connectivity index (χ1n) is 9.48. The second kappa shape index (κ2) is 8.35. The van der Waals surface area contributed by atoms with Crippen LogP contribution in [0.2, 0.25) is 0 Å². The van der Waals surface area contributed by atoms with Crippen molar-refractivity contribution in [2.75, 3.05) is 0 Å². The van der Waals surface area contributed by atoms with Crippen LogP contribution in [-0.2, 0) is 0 Å². The number of rotatable bonds is 3. The third-order valence-corrected chi connectivity index (χ3v) is 5.31. The third kappa shape index (κ3) is 3.75. The van der Waals surface area contributed by atoms with Crippen LogP contribution in [0.3, 0.4) is 0 Å². The minimum atomic E-state index is -1.92. The molecule has 33 heavy (non-hydrogen) atoms. The molecule has 0 heterocycles. The average molecular weight is 464 g/mol. The van der Waals surface area contributed by atoms with Crippen LogP contribution in [-0.4, -0.2) is 0 Å². The van der Waals surface area contributed by atoms with Crippen LogP contribution in [0.15, 0.2) is 54.6 Å². The molecule has 0 aliphatic heterocycles. The van der Waals surface area contributed by atoms with E-state index >= 15 is 0 Å². The molecule has 0 amide bonds. The maximum Gasteiger partial charge on any atom is 0.198 e. The summed E-state index contributed by atoms with van der Waals surface area (Å²) in [6.07, 6.45) is 0. The second-order valence-electron chi connectivity index (χ2n) is 7.26. The van der Waals surface area contributed by atoms with Crippen molar-refractivity contribution >= 4 is 0 Å². The van der Waals surface area contributed by atoms with E-state index < -0.39 is 57.7 Å². The smallest absolute Gasteiger partial charge is 0.198 e. The maximum absolute atomic E-state index is 14.2. The Hall–Kier alpha value is -3.68. The van der Waals surface area contributed by atoms with Gasteiger partial charge in [0.1, 0.15) is 0 Å². The van der Waals surface area contributed by atoms with Crippen LogP contribution in [0, 0.1) is 53.5 Å². The molecule has 4 rings (SSSR count). The van der Waals surface area contributed by atoms with E-state index in [-0.39, 0.29) is 16.7 Å². The first kappa shape index (κ1) is 22.5. The lowest BCUT2D eigenvalue weighted by atomic mass is 9.95. The fourth-order valence-corrected chi connectivity index (χ4v) is 3.54. The van der Waals surface area contributed by atoms with Crippen molar-refractivity contribution in [3.63, 3.8) is 0 Å². The maximum atomic E-state index is 14.2. The Morgan fingerprint density at radius 2 is 0.848 bits per heavy atom. The molecule has 0 fully saturated rings. The average Bonchev–Trinajstić information content (AvgIpc) is 2.83. The van der Waals surface area contributed by atoms with Crippen LogP contribution in [0.1, 0.15) is 5.56 Å². The van der Waals surface area contributed by atoms with Crippen LogP contribution in [0.5, 0.6) is 0 Å². The lowest BCUT2D eigenvalue weighted by Gasteiger charge is -2.12. The van der Waals surface area contributed by atoms with Gasteiger partial charge >= 0.3 is 0 Å². The van der Waals surface area contributed by atoms with Crippen molar-refractivity contribution < 1.29 is 35.1 Å². The highest BCUT2D eigenvalue weighted by atomic mass is 19.2. The Balaban J connectivity index is 1.68. The Morgan fingerprint density at radius 1 is 0.424 bits per heavy atom. The zero-order valence-electron chi connectivity index (χ0n) is 16.7. The molecule has 0 saturated carbocycles. The van der Waals surface area contributed by atoms with Gasteiger partial charge in [-0.25, -0.2) is 35.1 Å². The van der Waals surface area contributed by atoms with Gasteiger partial charge in [0.2, 0.25) is 0 Å². The molecule has 0 radical (unpaired) electrons. The summed E-state index contributed by atoms with van der Waals surface area (Å²) in [5, 5.41) is 0. The van der Waals surface area contributed by atoms with E-state index in [4.69, 9.17) is 0 Å². The first-order chi connectivity index (χ1) is 15.6. The van der Waals surface area contributed by atoms with Crippen LogP contribution in [0.4, 0.5) is 35.1 Å². The van der Waals surface area contributed by atoms with E-state index in [0.717, 1.165) is 6.92 Å². The Kier molecular flexibility index (Phi) is 5.69. The van der Waals surface area contributed by atoms with Gasteiger partial charge in [0.05, 0.1) is 0 Å². The standard InChI is InChI=1S/C25H12F8/c1-11-18(22(30)25(33)23(31)19(11)27)15-8-4-13(5-9-15)12-2-6-14(7-3-12)16-10-17(26)21(29)24(32)20(16)28/h2-10H,1H3. The molecule has 0 aliphatic carbocycles. The topological polar surface area (TPSA) is 0 Å². The zero-order chi connectivity index (χ0) is 24.0. The SMILES string of the molecule is Cc1c(F)c(F)c(F)c(F)c1-c1ccc(-c2ccc(-c3cc(F)c(F)c(F)c3F)cc2)cc1. The van der Waals surface area contributed by atoms with Gasteiger partial charge in [-0.2, -0.15) is 0 Å². The summed E-state index contributed by atoms with van der Waals surface area (Å²) < 4.78 is 109. The summed E-state index contributed by atoms with van der Waals surface area (Å²) in [6.45, 7) is 1.13. The monoisotopic (exact) mass is 464 g/mol. The summed E-state index contributed by atoms with van der Waals surface area (Å²) in [5.41, 5.74) is 0.0990. The van der Waals surface area contributed by atoms with Crippen molar-refractivity contribution in [3.05, 3.63) is 107 Å². The Labute approximate surface area is 182 Å². The summed E-state index contributed by atoms with van der Waals surface area (Å²) in [4.78, 5) is 0. The highest BCUT2D eigenvalue weighted by molar-refractivity contribution is 5.75. The lowest BCUT2D eigenvalue weighted by molar-refractivity contribution is 0.408. The van der Waals surface area contributed by atoms with Crippen LogP contribution < -0.4 is 0 Å². The molecule has 0 N–H and O–H groups in total. The highest BCUT2D eigenvalue weighted by Gasteiger charge is 2.24. The van der Waals surface area contributed by atoms with Crippen LogP contribution in [0.25, 0.3) is 33.4 Å². The van der Waals surface area contributed by atoms with E-state index in [2.05, 4.69) is 0 Å². The molecule has 0 aromatic heterocycles. The minimum absolute atomic E-state index is 0.0978. The van der Waals surface area contributed by atoms with Gasteiger partial charge in [-0.3, -0.25) is 0 Å². The van der Waals surface area contributed by atoms with Gasteiger partial charge in [0.25, 0.3) is 0 Å². The zero-order valence-corrected chi connectivity index (χ0v) is 16.7. The summed E-state index contributed by atoms with van der Waals surface area (Å²) in [6, 6.07) is 12.1. The summed E-state index contributed by atoms with van der Waals surface area (Å²) >= 11 is 0. The fourth-order valence-electron chi connectivity index (χ4n) is 3.54. The largest absolute Gasteiger partial charge is 0.204 e. The van der Waals surface area contributed by atoms with Crippen molar-refractivity contribution in [2.24, 2.45) is 0 Å². The fraction of sp³-hybridized carbons (Fsp3) is 0.0400. The molecule has 0 atom stereocenters. The minimum Gasteiger partial charge on any atom is -0.204 e. The normalized spacial score (nSPS) is 11.2. The van der Waals surface area contributed by atoms with Gasteiger partial charge in [-0.1, -0.05) is 48.5 Å². The highest BCUT2D eigenvalue weighted by Crippen LogP contribution is 2.34. The van der Waals surface area contributed by atoms with Gasteiger partial charge < -0.3 is 0 Å². The number of hydrogen-bond acceptors (Lipinski definition) is 0. The third-order valence-electron chi connectivity index (χ3n) is 5.31. The number of hydrogen-bond donors (Lipinski definition) is 0. The number of halogens is 8. The Bertz CT molecular complexity index is 1340. The molecule has 4 aromatic rings. The van der Waals surface area contributed by atoms with Crippen molar-refractivity contribution in [3.8, 4) is 33.4 Å². The van der Waals surface area contributed by atoms with Gasteiger partial charge in [0, 0.05) is 11.1 Å². The lowest BCUT2D eigenvalue weighted by Crippen LogP contribution is -2.03. The molecule has 168 valence electrons. The van der Waals surface area contributed by atoms with E-state index in [0.29, 0.717) is 17.2 Å². The van der Waals surface area contributed by atoms with Gasteiger partial charge in [-0.05, 0) is 40.8 Å². The second-order valence-corrected chi connectivity index (χ2v) is 7.26. The predicted molar refractivity (Wildman–Crippen MR) is 107 cm³/mol. The first-order valence-corrected chi connectivity index (χ1v) is 9.48. The molecule has 0 nitrogen and oxygen atoms in total. The predicted octanol–water partition coefficient (Wildman–Crippen LogP) is 8.11. The molecule has 0 aliphatic rings. The summed E-state index contributed by atoms with van der Waals surface area (Å²) in [5.74, 6) is -13.7. The van der Waals surface area contributed by atoms with Crippen LogP contribution >= 0.6 is 0 Å². The van der Waals surface area contributed by atoms with Gasteiger partial charge in [0.15, 0.2) is 46.5 Å². The molecule has 8 heteroatoms. The summed E-state index contributed by atoms with van der Waals surface area (Å²) in [7, 11) is 0. The van der Waals surface area contributed by atoms with E-state index in [1.54, 1.807) is 0 Å². The Morgan fingerprint density at radius 3 is 1.39 bits per heavy atom. The molecule has 0 spiro atoms. The quantitative estimate of drug-likeness (QED) is 0.163. The molecule has 0 bridgehead atoms. The van der Waals surface area contributed by atoms with Gasteiger partial charge in [-0.15, -0.1) is 0 Å². The van der Waals surface area contributed by atoms with E-state index in [9.17, 15) is 35.1 Å². The molecule has 4 aromatic carbocycles. The van der Waals surface area contributed by atoms with Crippen molar-refractivity contribution in [1.29, 1.82) is 0 Å². The van der Waals surface area contributed by atoms with E-state index in [1.807, 2.05) is 0 Å². The number of benzene rings is 4. The van der Waals surface area contributed by atoms with E-state index in [1.165, 1.54) is 48.5 Å². The molecule has 0 saturated heterocycles. The molecule has 0 unspecified atom stereocenters.